The van der Waals surface area contributed by atoms with E-state index in [9.17, 15) is 14.4 Å². The van der Waals surface area contributed by atoms with Crippen molar-refractivity contribution in [3.63, 3.8) is 0 Å². The third kappa shape index (κ3) is 12.4. The van der Waals surface area contributed by atoms with E-state index in [1.165, 1.54) is 26.0 Å². The molecule has 0 aromatic heterocycles. The van der Waals surface area contributed by atoms with Gasteiger partial charge in [-0.1, -0.05) is 30.3 Å². The molecule has 0 rings (SSSR count). The Hall–Kier alpha value is -1.30. The van der Waals surface area contributed by atoms with E-state index in [0.29, 0.717) is 19.3 Å². The molecule has 0 heterocycles. The van der Waals surface area contributed by atoms with Crippen molar-refractivity contribution in [2.45, 2.75) is 45.4 Å². The number of rotatable bonds is 11. The Kier molecular flexibility index (Phi) is 12.6. The number of esters is 2. The molecule has 0 N–H and O–H groups in total. The molecule has 0 unspecified atom stereocenters. The highest BCUT2D eigenvalue weighted by Gasteiger charge is 2.08. The van der Waals surface area contributed by atoms with Gasteiger partial charge in [-0.2, -0.15) is 0 Å². The van der Waals surface area contributed by atoms with Crippen LogP contribution in [0.4, 0.5) is 0 Å². The van der Waals surface area contributed by atoms with Gasteiger partial charge < -0.3 is 9.47 Å². The van der Waals surface area contributed by atoms with Crippen LogP contribution in [0.15, 0.2) is 12.2 Å². The van der Waals surface area contributed by atoms with Gasteiger partial charge in [0.25, 0.3) is 0 Å². The summed E-state index contributed by atoms with van der Waals surface area (Å²) in [6.07, 6.45) is 8.03. The van der Waals surface area contributed by atoms with Gasteiger partial charge in [0, 0.05) is 25.5 Å². The van der Waals surface area contributed by atoms with Crippen molar-refractivity contribution in [3.8, 4) is 0 Å². The van der Waals surface area contributed by atoms with Crippen molar-refractivity contribution < 1.29 is 23.9 Å². The van der Waals surface area contributed by atoms with E-state index < -0.39 is 0 Å². The van der Waals surface area contributed by atoms with Crippen LogP contribution in [0.5, 0.6) is 0 Å². The number of allylic oxidation sites excluding steroid dienone is 2. The van der Waals surface area contributed by atoms with E-state index in [1.54, 1.807) is 6.92 Å². The quantitative estimate of drug-likeness (QED) is 0.329. The lowest BCUT2D eigenvalue weighted by molar-refractivity contribution is -0.141. The summed E-state index contributed by atoms with van der Waals surface area (Å²) < 4.78 is 9.19. The maximum atomic E-state index is 11.1. The second kappa shape index (κ2) is 13.4. The van der Waals surface area contributed by atoms with Crippen LogP contribution in [0.1, 0.15) is 45.4 Å². The summed E-state index contributed by atoms with van der Waals surface area (Å²) in [5, 5.41) is 0.0996. The number of thioether (sulfide) groups is 1. The molecule has 0 amide bonds. The number of carbonyl (C=O) groups excluding carboxylic acids is 3. The monoisotopic (exact) mass is 330 g/mol. The third-order valence-electron chi connectivity index (χ3n) is 3.09. The summed E-state index contributed by atoms with van der Waals surface area (Å²) in [6.45, 7) is 1.56. The Morgan fingerprint density at radius 3 is 2.27 bits per heavy atom. The van der Waals surface area contributed by atoms with Crippen LogP contribution in [0, 0.1) is 5.92 Å². The van der Waals surface area contributed by atoms with E-state index in [1.807, 2.05) is 6.08 Å². The van der Waals surface area contributed by atoms with Gasteiger partial charge in [-0.3, -0.25) is 14.4 Å². The summed E-state index contributed by atoms with van der Waals surface area (Å²) in [5.74, 6) is 0.576. The predicted octanol–water partition coefficient (Wildman–Crippen LogP) is 3.13. The zero-order valence-electron chi connectivity index (χ0n) is 13.6. The number of unbranched alkanes of at least 4 members (excludes halogenated alkanes) is 1. The molecule has 0 saturated heterocycles. The summed E-state index contributed by atoms with van der Waals surface area (Å²) >= 11 is 1.30. The molecule has 6 heteroatoms. The highest BCUT2D eigenvalue weighted by atomic mass is 32.2. The van der Waals surface area contributed by atoms with Crippen molar-refractivity contribution >= 4 is 28.8 Å². The van der Waals surface area contributed by atoms with Crippen LogP contribution >= 0.6 is 11.8 Å². The molecule has 0 radical (unpaired) electrons. The Bertz CT molecular complexity index is 379. The average Bonchev–Trinajstić information content (AvgIpc) is 2.51. The summed E-state index contributed by atoms with van der Waals surface area (Å²) in [4.78, 5) is 33.2. The summed E-state index contributed by atoms with van der Waals surface area (Å²) in [5.41, 5.74) is 0. The lowest BCUT2D eigenvalue weighted by atomic mass is 10.0. The normalized spacial score (nSPS) is 12.1. The number of hydrogen-bond donors (Lipinski definition) is 0. The molecular weight excluding hydrogens is 304 g/mol. The van der Waals surface area contributed by atoms with Gasteiger partial charge in [0.1, 0.15) is 0 Å². The van der Waals surface area contributed by atoms with Crippen LogP contribution in [0.25, 0.3) is 0 Å². The largest absolute Gasteiger partial charge is 0.469 e. The molecule has 5 nitrogen and oxygen atoms in total. The summed E-state index contributed by atoms with van der Waals surface area (Å²) in [7, 11) is 2.76. The second-order valence-electron chi connectivity index (χ2n) is 4.93. The lowest BCUT2D eigenvalue weighted by Gasteiger charge is -2.11. The smallest absolute Gasteiger partial charge is 0.305 e. The molecule has 0 spiro atoms. The lowest BCUT2D eigenvalue weighted by Crippen LogP contribution is -2.04. The van der Waals surface area contributed by atoms with Gasteiger partial charge in [0.15, 0.2) is 5.12 Å². The maximum absolute atomic E-state index is 11.1. The van der Waals surface area contributed by atoms with Gasteiger partial charge in [0.2, 0.25) is 0 Å². The van der Waals surface area contributed by atoms with Gasteiger partial charge in [-0.05, 0) is 25.2 Å². The highest BCUT2D eigenvalue weighted by molar-refractivity contribution is 8.13. The summed E-state index contributed by atoms with van der Waals surface area (Å²) in [6, 6.07) is 0. The fourth-order valence-electron chi connectivity index (χ4n) is 1.83. The molecule has 126 valence electrons. The second-order valence-corrected chi connectivity index (χ2v) is 6.12. The van der Waals surface area contributed by atoms with Gasteiger partial charge in [-0.15, -0.1) is 0 Å². The molecule has 0 aliphatic rings. The molecule has 1 atom stereocenters. The number of hydrogen-bond acceptors (Lipinski definition) is 6. The minimum Gasteiger partial charge on any atom is -0.469 e. The van der Waals surface area contributed by atoms with E-state index in [4.69, 9.17) is 0 Å². The molecule has 0 aliphatic heterocycles. The third-order valence-corrected chi connectivity index (χ3v) is 4.09. The molecule has 0 aliphatic carbocycles. The Balaban J connectivity index is 4.13. The molecule has 0 saturated carbocycles. The number of carbonyl (C=O) groups is 3. The SMILES string of the molecule is COC(=O)CC/C=C/[C@@H](CCCCC(=O)OC)CSC(C)=O. The Labute approximate surface area is 136 Å². The van der Waals surface area contributed by atoms with Crippen molar-refractivity contribution in [2.75, 3.05) is 20.0 Å². The van der Waals surface area contributed by atoms with Gasteiger partial charge >= 0.3 is 11.9 Å². The van der Waals surface area contributed by atoms with Crippen molar-refractivity contribution in [2.24, 2.45) is 5.92 Å². The van der Waals surface area contributed by atoms with Gasteiger partial charge in [-0.25, -0.2) is 0 Å². The van der Waals surface area contributed by atoms with Crippen LogP contribution in [-0.2, 0) is 23.9 Å². The molecule has 0 fully saturated rings. The van der Waals surface area contributed by atoms with Crippen LogP contribution in [0.3, 0.4) is 0 Å². The van der Waals surface area contributed by atoms with Crippen molar-refractivity contribution in [1.82, 2.24) is 0 Å². The van der Waals surface area contributed by atoms with Crippen LogP contribution < -0.4 is 0 Å². The van der Waals surface area contributed by atoms with E-state index in [-0.39, 0.29) is 23.0 Å². The van der Waals surface area contributed by atoms with Crippen LogP contribution in [0.2, 0.25) is 0 Å². The standard InChI is InChI=1S/C16H26O5S/c1-13(17)22-12-14(8-4-6-10-15(18)20-2)9-5-7-11-16(19)21-3/h4,8,14H,5-7,9-12H2,1-3H3/b8-4+/t14-/m0/s1. The van der Waals surface area contributed by atoms with E-state index in [0.717, 1.165) is 25.0 Å². The molecular formula is C16H26O5S. The fraction of sp³-hybridized carbons (Fsp3) is 0.688. The fourth-order valence-corrected chi connectivity index (χ4v) is 2.56. The first-order valence-electron chi connectivity index (χ1n) is 7.43. The zero-order chi connectivity index (χ0) is 16.8. The van der Waals surface area contributed by atoms with Gasteiger partial charge in [0.05, 0.1) is 14.2 Å². The predicted molar refractivity (Wildman–Crippen MR) is 87.5 cm³/mol. The Morgan fingerprint density at radius 1 is 1.05 bits per heavy atom. The topological polar surface area (TPSA) is 69.7 Å². The molecule has 0 bridgehead atoms. The minimum atomic E-state index is -0.225. The van der Waals surface area contributed by atoms with Crippen LogP contribution in [-0.4, -0.2) is 37.0 Å². The first-order valence-corrected chi connectivity index (χ1v) is 8.41. The Morgan fingerprint density at radius 2 is 1.68 bits per heavy atom. The van der Waals surface area contributed by atoms with E-state index in [2.05, 4.69) is 15.5 Å². The average molecular weight is 330 g/mol. The van der Waals surface area contributed by atoms with Crippen molar-refractivity contribution in [1.29, 1.82) is 0 Å². The zero-order valence-corrected chi connectivity index (χ0v) is 14.4. The minimum absolute atomic E-state index is 0.0996. The van der Waals surface area contributed by atoms with Crippen molar-refractivity contribution in [3.05, 3.63) is 12.2 Å². The molecule has 22 heavy (non-hydrogen) atoms. The highest BCUT2D eigenvalue weighted by Crippen LogP contribution is 2.18. The van der Waals surface area contributed by atoms with E-state index >= 15 is 0 Å². The first-order chi connectivity index (χ1) is 10.5. The number of ether oxygens (including phenoxy) is 2. The molecule has 0 aromatic rings. The maximum Gasteiger partial charge on any atom is 0.305 e. The number of methoxy groups -OCH3 is 2. The first kappa shape index (κ1) is 20.7. The molecule has 0 aromatic carbocycles.